The number of hydrogen-bond acceptors (Lipinski definition) is 6. The van der Waals surface area contributed by atoms with E-state index in [2.05, 4.69) is 5.32 Å². The van der Waals surface area contributed by atoms with E-state index in [-0.39, 0.29) is 34.5 Å². The van der Waals surface area contributed by atoms with Crippen molar-refractivity contribution in [3.8, 4) is 11.5 Å². The van der Waals surface area contributed by atoms with E-state index in [0.717, 1.165) is 9.87 Å². The van der Waals surface area contributed by atoms with Crippen molar-refractivity contribution < 1.29 is 31.9 Å². The number of benzene rings is 3. The average Bonchev–Trinajstić information content (AvgIpc) is 2.94. The monoisotopic (exact) mass is 585 g/mol. The van der Waals surface area contributed by atoms with E-state index in [9.17, 15) is 22.4 Å². The highest BCUT2D eigenvalue weighted by molar-refractivity contribution is 7.92. The van der Waals surface area contributed by atoms with Crippen molar-refractivity contribution >= 4 is 27.5 Å². The predicted octanol–water partition coefficient (Wildman–Crippen LogP) is 4.29. The lowest BCUT2D eigenvalue weighted by molar-refractivity contribution is -0.139. The molecule has 3 aromatic carbocycles. The first-order valence-electron chi connectivity index (χ1n) is 13.0. The van der Waals surface area contributed by atoms with Crippen LogP contribution in [0.5, 0.6) is 11.5 Å². The van der Waals surface area contributed by atoms with Gasteiger partial charge in [0.25, 0.3) is 10.0 Å². The van der Waals surface area contributed by atoms with E-state index in [1.165, 1.54) is 68.5 Å². The summed E-state index contributed by atoms with van der Waals surface area (Å²) in [6.07, 6.45) is 0. The fourth-order valence-electron chi connectivity index (χ4n) is 4.14. The van der Waals surface area contributed by atoms with Crippen LogP contribution in [-0.4, -0.2) is 58.0 Å². The Kier molecular flexibility index (Phi) is 10.3. The van der Waals surface area contributed by atoms with Crippen LogP contribution in [0, 0.1) is 12.7 Å². The van der Waals surface area contributed by atoms with Gasteiger partial charge in [-0.25, -0.2) is 12.8 Å². The lowest BCUT2D eigenvalue weighted by Gasteiger charge is -2.32. The molecule has 1 atom stereocenters. The van der Waals surface area contributed by atoms with Gasteiger partial charge in [0.05, 0.1) is 24.8 Å². The van der Waals surface area contributed by atoms with Crippen LogP contribution in [0.15, 0.2) is 71.6 Å². The second kappa shape index (κ2) is 13.5. The van der Waals surface area contributed by atoms with Crippen molar-refractivity contribution in [2.24, 2.45) is 0 Å². The molecule has 0 spiro atoms. The van der Waals surface area contributed by atoms with Gasteiger partial charge in [0, 0.05) is 24.2 Å². The molecule has 2 amide bonds. The molecule has 3 aromatic rings. The number of methoxy groups -OCH3 is 2. The maximum Gasteiger partial charge on any atom is 0.264 e. The predicted molar refractivity (Wildman–Crippen MR) is 155 cm³/mol. The minimum absolute atomic E-state index is 0.0490. The summed E-state index contributed by atoms with van der Waals surface area (Å²) in [4.78, 5) is 28.1. The van der Waals surface area contributed by atoms with Crippen molar-refractivity contribution in [3.05, 3.63) is 83.7 Å². The van der Waals surface area contributed by atoms with Crippen LogP contribution in [-0.2, 0) is 26.2 Å². The first-order chi connectivity index (χ1) is 19.4. The number of ether oxygens (including phenoxy) is 2. The molecule has 1 N–H and O–H groups in total. The van der Waals surface area contributed by atoms with Crippen LogP contribution in [0.25, 0.3) is 0 Å². The quantitative estimate of drug-likeness (QED) is 0.340. The van der Waals surface area contributed by atoms with Gasteiger partial charge in [-0.3, -0.25) is 13.9 Å². The van der Waals surface area contributed by atoms with Crippen molar-refractivity contribution in [3.63, 3.8) is 0 Å². The van der Waals surface area contributed by atoms with E-state index in [0.29, 0.717) is 5.75 Å². The standard InChI is InChI=1S/C30H36FN3O6S/c1-20(2)32-30(36)22(4)33(18-23-9-7-8-10-26(23)31)29(35)19-34(27-17-24(39-5)13-16-28(27)40-6)41(37,38)25-14-11-21(3)12-15-25/h7-17,20,22H,18-19H2,1-6H3,(H,32,36). The van der Waals surface area contributed by atoms with Crippen molar-refractivity contribution in [1.29, 1.82) is 0 Å². The fraction of sp³-hybridized carbons (Fsp3) is 0.333. The van der Waals surface area contributed by atoms with Crippen LogP contribution < -0.4 is 19.1 Å². The third-order valence-electron chi connectivity index (χ3n) is 6.44. The summed E-state index contributed by atoms with van der Waals surface area (Å²) >= 11 is 0. The average molecular weight is 586 g/mol. The Labute approximate surface area is 240 Å². The lowest BCUT2D eigenvalue weighted by atomic mass is 10.1. The van der Waals surface area contributed by atoms with Crippen molar-refractivity contribution in [2.75, 3.05) is 25.1 Å². The molecule has 0 saturated carbocycles. The van der Waals surface area contributed by atoms with Crippen LogP contribution in [0.3, 0.4) is 0 Å². The number of amides is 2. The van der Waals surface area contributed by atoms with E-state index in [1.807, 2.05) is 6.92 Å². The SMILES string of the molecule is COc1ccc(OC)c(N(CC(=O)N(Cc2ccccc2F)C(C)C(=O)NC(C)C)S(=O)(=O)c2ccc(C)cc2)c1. The molecule has 0 aliphatic heterocycles. The molecule has 0 saturated heterocycles. The smallest absolute Gasteiger partial charge is 0.264 e. The Balaban J connectivity index is 2.14. The zero-order chi connectivity index (χ0) is 30.3. The highest BCUT2D eigenvalue weighted by atomic mass is 32.2. The van der Waals surface area contributed by atoms with Crippen LogP contribution in [0.4, 0.5) is 10.1 Å². The number of hydrogen-bond donors (Lipinski definition) is 1. The van der Waals surface area contributed by atoms with Gasteiger partial charge < -0.3 is 19.7 Å². The number of carbonyl (C=O) groups is 2. The number of halogens is 1. The molecule has 0 radical (unpaired) electrons. The van der Waals surface area contributed by atoms with E-state index < -0.39 is 40.2 Å². The van der Waals surface area contributed by atoms with E-state index in [4.69, 9.17) is 9.47 Å². The molecule has 1 unspecified atom stereocenters. The normalized spacial score (nSPS) is 12.0. The van der Waals surface area contributed by atoms with Gasteiger partial charge in [-0.15, -0.1) is 0 Å². The maximum absolute atomic E-state index is 14.7. The molecular weight excluding hydrogens is 549 g/mol. The molecule has 0 fully saturated rings. The number of anilines is 1. The second-order valence-corrected chi connectivity index (χ2v) is 11.7. The molecule has 0 bridgehead atoms. The number of rotatable bonds is 12. The minimum Gasteiger partial charge on any atom is -0.497 e. The zero-order valence-electron chi connectivity index (χ0n) is 24.0. The Bertz CT molecular complexity index is 1480. The van der Waals surface area contributed by atoms with Gasteiger partial charge in [0.15, 0.2) is 0 Å². The molecular formula is C30H36FN3O6S. The highest BCUT2D eigenvalue weighted by Crippen LogP contribution is 2.36. The summed E-state index contributed by atoms with van der Waals surface area (Å²) in [7, 11) is -1.51. The Morgan fingerprint density at radius 1 is 0.951 bits per heavy atom. The zero-order valence-corrected chi connectivity index (χ0v) is 24.9. The van der Waals surface area contributed by atoms with Crippen molar-refractivity contribution in [2.45, 2.75) is 51.2 Å². The summed E-state index contributed by atoms with van der Waals surface area (Å²) in [5, 5.41) is 2.76. The maximum atomic E-state index is 14.7. The molecule has 0 heterocycles. The number of nitrogens with one attached hydrogen (secondary N) is 1. The van der Waals surface area contributed by atoms with E-state index >= 15 is 0 Å². The number of sulfonamides is 1. The van der Waals surface area contributed by atoms with Crippen LogP contribution in [0.2, 0.25) is 0 Å². The summed E-state index contributed by atoms with van der Waals surface area (Å²) in [5.41, 5.74) is 1.09. The third kappa shape index (κ3) is 7.55. The molecule has 9 nitrogen and oxygen atoms in total. The molecule has 220 valence electrons. The fourth-order valence-corrected chi connectivity index (χ4v) is 5.56. The summed E-state index contributed by atoms with van der Waals surface area (Å²) < 4.78 is 54.5. The minimum atomic E-state index is -4.33. The molecule has 0 aliphatic rings. The Morgan fingerprint density at radius 2 is 1.61 bits per heavy atom. The van der Waals surface area contributed by atoms with Gasteiger partial charge in [-0.05, 0) is 58.0 Å². The molecule has 3 rings (SSSR count). The van der Waals surface area contributed by atoms with Gasteiger partial charge in [-0.1, -0.05) is 35.9 Å². The summed E-state index contributed by atoms with van der Waals surface area (Å²) in [5.74, 6) is -1.22. The topological polar surface area (TPSA) is 105 Å². The van der Waals surface area contributed by atoms with Crippen molar-refractivity contribution in [1.82, 2.24) is 10.2 Å². The first kappa shape index (κ1) is 31.4. The molecule has 0 aliphatic carbocycles. The number of nitrogens with zero attached hydrogens (tertiary/aromatic N) is 2. The van der Waals surface area contributed by atoms with Crippen LogP contribution >= 0.6 is 0 Å². The largest absolute Gasteiger partial charge is 0.497 e. The summed E-state index contributed by atoms with van der Waals surface area (Å²) in [6.45, 7) is 5.94. The third-order valence-corrected chi connectivity index (χ3v) is 8.21. The molecule has 41 heavy (non-hydrogen) atoms. The summed E-state index contributed by atoms with van der Waals surface area (Å²) in [6, 6.07) is 15.4. The Morgan fingerprint density at radius 3 is 2.20 bits per heavy atom. The van der Waals surface area contributed by atoms with Crippen LogP contribution in [0.1, 0.15) is 31.9 Å². The lowest BCUT2D eigenvalue weighted by Crippen LogP contribution is -2.52. The van der Waals surface area contributed by atoms with Gasteiger partial charge in [-0.2, -0.15) is 0 Å². The Hall–Kier alpha value is -4.12. The van der Waals surface area contributed by atoms with E-state index in [1.54, 1.807) is 38.1 Å². The van der Waals surface area contributed by atoms with Gasteiger partial charge in [0.2, 0.25) is 11.8 Å². The van der Waals surface area contributed by atoms with Gasteiger partial charge in [0.1, 0.15) is 29.9 Å². The second-order valence-electron chi connectivity index (χ2n) is 9.81. The highest BCUT2D eigenvalue weighted by Gasteiger charge is 2.34. The molecule has 0 aromatic heterocycles. The number of aryl methyl sites for hydroxylation is 1. The van der Waals surface area contributed by atoms with Gasteiger partial charge >= 0.3 is 0 Å². The number of carbonyl (C=O) groups excluding carboxylic acids is 2. The molecule has 11 heteroatoms. The first-order valence-corrected chi connectivity index (χ1v) is 14.5.